The lowest BCUT2D eigenvalue weighted by molar-refractivity contribution is 0.708. The van der Waals surface area contributed by atoms with Gasteiger partial charge in [-0.05, 0) is 47.9 Å². The van der Waals surface area contributed by atoms with E-state index in [9.17, 15) is 0 Å². The third kappa shape index (κ3) is 2.63. The molecule has 4 heteroatoms. The lowest BCUT2D eigenvalue weighted by Crippen LogP contribution is -2.16. The summed E-state index contributed by atoms with van der Waals surface area (Å²) in [6, 6.07) is 14.6. The predicted molar refractivity (Wildman–Crippen MR) is 96.3 cm³/mol. The molecular formula is C18H18Cl2N2. The van der Waals surface area contributed by atoms with Gasteiger partial charge in [0.25, 0.3) is 0 Å². The summed E-state index contributed by atoms with van der Waals surface area (Å²) in [5.41, 5.74) is 6.62. The summed E-state index contributed by atoms with van der Waals surface area (Å²) in [6.07, 6.45) is 2.16. The van der Waals surface area contributed by atoms with Crippen LogP contribution >= 0.6 is 24.0 Å². The van der Waals surface area contributed by atoms with Gasteiger partial charge in [-0.3, -0.25) is 0 Å². The Bertz CT molecular complexity index is 791. The van der Waals surface area contributed by atoms with Crippen LogP contribution in [-0.2, 0) is 12.8 Å². The van der Waals surface area contributed by atoms with Crippen LogP contribution in [0.4, 0.5) is 0 Å². The first-order valence-electron chi connectivity index (χ1n) is 7.42. The van der Waals surface area contributed by atoms with Gasteiger partial charge in [-0.2, -0.15) is 0 Å². The van der Waals surface area contributed by atoms with Gasteiger partial charge in [0.05, 0.1) is 0 Å². The highest BCUT2D eigenvalue weighted by Crippen LogP contribution is 2.34. The molecule has 0 bridgehead atoms. The van der Waals surface area contributed by atoms with Crippen LogP contribution in [0.25, 0.3) is 22.0 Å². The molecule has 0 unspecified atom stereocenters. The molecule has 0 atom stereocenters. The molecule has 1 aliphatic rings. The molecule has 2 N–H and O–H groups in total. The van der Waals surface area contributed by atoms with Gasteiger partial charge in [0.15, 0.2) is 0 Å². The highest BCUT2D eigenvalue weighted by molar-refractivity contribution is 6.30. The van der Waals surface area contributed by atoms with E-state index >= 15 is 0 Å². The van der Waals surface area contributed by atoms with Gasteiger partial charge < -0.3 is 10.3 Å². The second-order valence-corrected chi connectivity index (χ2v) is 6.00. The minimum Gasteiger partial charge on any atom is -0.358 e. The number of halogens is 2. The molecule has 2 nitrogen and oxygen atoms in total. The van der Waals surface area contributed by atoms with Crippen molar-refractivity contribution >= 4 is 34.9 Å². The second kappa shape index (κ2) is 6.33. The first kappa shape index (κ1) is 15.4. The van der Waals surface area contributed by atoms with E-state index in [1.165, 1.54) is 33.3 Å². The summed E-state index contributed by atoms with van der Waals surface area (Å²) >= 11 is 6.02. The number of nitrogens with one attached hydrogen (secondary N) is 2. The molecule has 1 aliphatic heterocycles. The maximum atomic E-state index is 6.02. The maximum Gasteiger partial charge on any atom is 0.0465 e. The summed E-state index contributed by atoms with van der Waals surface area (Å²) < 4.78 is 0. The quantitative estimate of drug-likeness (QED) is 0.669. The Morgan fingerprint density at radius 3 is 2.50 bits per heavy atom. The van der Waals surface area contributed by atoms with Crippen LogP contribution in [0.5, 0.6) is 0 Å². The van der Waals surface area contributed by atoms with E-state index in [1.54, 1.807) is 0 Å². The topological polar surface area (TPSA) is 27.8 Å². The fourth-order valence-electron chi connectivity index (χ4n) is 3.28. The van der Waals surface area contributed by atoms with Gasteiger partial charge in [0, 0.05) is 34.6 Å². The van der Waals surface area contributed by atoms with Gasteiger partial charge in [-0.15, -0.1) is 12.4 Å². The Labute approximate surface area is 141 Å². The zero-order valence-corrected chi connectivity index (χ0v) is 13.7. The van der Waals surface area contributed by atoms with Gasteiger partial charge >= 0.3 is 0 Å². The predicted octanol–water partition coefficient (Wildman–Crippen LogP) is 4.60. The van der Waals surface area contributed by atoms with Crippen LogP contribution in [0.1, 0.15) is 11.3 Å². The second-order valence-electron chi connectivity index (χ2n) is 5.57. The number of H-pyrrole nitrogens is 1. The highest BCUT2D eigenvalue weighted by Gasteiger charge is 2.16. The maximum absolute atomic E-state index is 6.02. The van der Waals surface area contributed by atoms with Crippen LogP contribution in [0.15, 0.2) is 42.5 Å². The molecule has 0 amide bonds. The van der Waals surface area contributed by atoms with Crippen LogP contribution < -0.4 is 5.32 Å². The first-order valence-corrected chi connectivity index (χ1v) is 7.80. The summed E-state index contributed by atoms with van der Waals surface area (Å²) in [4.78, 5) is 3.61. The minimum atomic E-state index is 0. The molecule has 1 aromatic heterocycles. The zero-order valence-electron chi connectivity index (χ0n) is 12.2. The number of fused-ring (bicyclic) bond motifs is 3. The van der Waals surface area contributed by atoms with Crippen molar-refractivity contribution in [3.8, 4) is 11.1 Å². The molecule has 0 aliphatic carbocycles. The van der Waals surface area contributed by atoms with E-state index in [0.717, 1.165) is 31.0 Å². The van der Waals surface area contributed by atoms with Gasteiger partial charge in [-0.1, -0.05) is 35.9 Å². The Morgan fingerprint density at radius 2 is 1.68 bits per heavy atom. The van der Waals surface area contributed by atoms with Crippen molar-refractivity contribution < 1.29 is 0 Å². The molecule has 3 aromatic rings. The molecule has 0 radical (unpaired) electrons. The third-order valence-electron chi connectivity index (χ3n) is 4.27. The largest absolute Gasteiger partial charge is 0.358 e. The lowest BCUT2D eigenvalue weighted by atomic mass is 9.97. The average molecular weight is 333 g/mol. The van der Waals surface area contributed by atoms with E-state index in [-0.39, 0.29) is 12.4 Å². The summed E-state index contributed by atoms with van der Waals surface area (Å²) in [7, 11) is 0. The van der Waals surface area contributed by atoms with E-state index in [0.29, 0.717) is 0 Å². The van der Waals surface area contributed by atoms with Crippen molar-refractivity contribution in [3.05, 3.63) is 58.7 Å². The van der Waals surface area contributed by atoms with Gasteiger partial charge in [0.1, 0.15) is 0 Å². The molecule has 0 fully saturated rings. The Kier molecular flexibility index (Phi) is 4.44. The van der Waals surface area contributed by atoms with Crippen molar-refractivity contribution in [2.75, 3.05) is 13.1 Å². The van der Waals surface area contributed by atoms with E-state index < -0.39 is 0 Å². The molecule has 2 heterocycles. The molecule has 0 spiro atoms. The summed E-state index contributed by atoms with van der Waals surface area (Å²) in [5, 5.41) is 5.63. The highest BCUT2D eigenvalue weighted by atomic mass is 35.5. The number of benzene rings is 2. The number of rotatable bonds is 1. The van der Waals surface area contributed by atoms with Crippen molar-refractivity contribution in [1.29, 1.82) is 0 Å². The SMILES string of the molecule is Cl.Clc1ccc(-c2cccc3[nH]c4c(c23)CCNCC4)cc1. The summed E-state index contributed by atoms with van der Waals surface area (Å²) in [5.74, 6) is 0. The lowest BCUT2D eigenvalue weighted by Gasteiger charge is -2.07. The molecule has 4 rings (SSSR count). The van der Waals surface area contributed by atoms with Crippen molar-refractivity contribution in [1.82, 2.24) is 10.3 Å². The molecule has 22 heavy (non-hydrogen) atoms. The van der Waals surface area contributed by atoms with Crippen molar-refractivity contribution in [3.63, 3.8) is 0 Å². The number of aromatic nitrogens is 1. The smallest absolute Gasteiger partial charge is 0.0465 e. The molecule has 114 valence electrons. The Morgan fingerprint density at radius 1 is 0.909 bits per heavy atom. The number of hydrogen-bond acceptors (Lipinski definition) is 1. The van der Waals surface area contributed by atoms with Crippen LogP contribution in [-0.4, -0.2) is 18.1 Å². The third-order valence-corrected chi connectivity index (χ3v) is 4.53. The zero-order chi connectivity index (χ0) is 14.2. The standard InChI is InChI=1S/C18H17ClN2.ClH/c19-13-6-4-12(5-7-13)14-2-1-3-17-18(14)15-8-10-20-11-9-16(15)21-17;/h1-7,20-21H,8-11H2;1H. The van der Waals surface area contributed by atoms with Crippen LogP contribution in [0.2, 0.25) is 5.02 Å². The number of aromatic amines is 1. The Hall–Kier alpha value is -1.48. The molecule has 0 saturated carbocycles. The number of hydrogen-bond donors (Lipinski definition) is 2. The monoisotopic (exact) mass is 332 g/mol. The van der Waals surface area contributed by atoms with E-state index in [2.05, 4.69) is 40.6 Å². The van der Waals surface area contributed by atoms with Crippen LogP contribution in [0.3, 0.4) is 0 Å². The molecule has 2 aromatic carbocycles. The first-order chi connectivity index (χ1) is 10.3. The average Bonchev–Trinajstić information content (AvgIpc) is 2.70. The Balaban J connectivity index is 0.00000144. The van der Waals surface area contributed by atoms with E-state index in [4.69, 9.17) is 11.6 Å². The fourth-order valence-corrected chi connectivity index (χ4v) is 3.41. The summed E-state index contributed by atoms with van der Waals surface area (Å²) in [6.45, 7) is 2.10. The van der Waals surface area contributed by atoms with E-state index in [1.807, 2.05) is 12.1 Å². The van der Waals surface area contributed by atoms with Gasteiger partial charge in [-0.25, -0.2) is 0 Å². The fraction of sp³-hybridized carbons (Fsp3) is 0.222. The van der Waals surface area contributed by atoms with Gasteiger partial charge in [0.2, 0.25) is 0 Å². The molecular weight excluding hydrogens is 315 g/mol. The van der Waals surface area contributed by atoms with Crippen molar-refractivity contribution in [2.24, 2.45) is 0 Å². The molecule has 0 saturated heterocycles. The normalized spacial score (nSPS) is 14.2. The van der Waals surface area contributed by atoms with Crippen molar-refractivity contribution in [2.45, 2.75) is 12.8 Å². The minimum absolute atomic E-state index is 0. The van der Waals surface area contributed by atoms with Crippen LogP contribution in [0, 0.1) is 0 Å².